The molecule has 6 nitrogen and oxygen atoms in total. The molecule has 1 saturated heterocycles. The summed E-state index contributed by atoms with van der Waals surface area (Å²) >= 11 is 0. The number of carboxylic acid groups (broad SMARTS) is 1. The second kappa shape index (κ2) is 8.66. The molecule has 1 fully saturated rings. The van der Waals surface area contributed by atoms with E-state index in [1.165, 1.54) is 4.90 Å². The number of carbonyl (C=O) groups excluding carboxylic acids is 1. The van der Waals surface area contributed by atoms with Gasteiger partial charge in [-0.05, 0) is 37.5 Å². The molecule has 6 heteroatoms. The van der Waals surface area contributed by atoms with E-state index in [0.29, 0.717) is 6.61 Å². The van der Waals surface area contributed by atoms with Gasteiger partial charge in [-0.1, -0.05) is 54.6 Å². The number of ether oxygens (including phenoxy) is 2. The van der Waals surface area contributed by atoms with Gasteiger partial charge in [0.05, 0.1) is 19.3 Å². The van der Waals surface area contributed by atoms with Crippen LogP contribution in [0.2, 0.25) is 0 Å². The average molecular weight is 397 g/mol. The first-order chi connectivity index (χ1) is 13.7. The highest BCUT2D eigenvalue weighted by molar-refractivity contribution is 5.81. The summed E-state index contributed by atoms with van der Waals surface area (Å²) in [5, 5.41) is 9.47. The molecule has 29 heavy (non-hydrogen) atoms. The maximum absolute atomic E-state index is 12.4. The van der Waals surface area contributed by atoms with Gasteiger partial charge in [0.2, 0.25) is 0 Å². The lowest BCUT2D eigenvalue weighted by molar-refractivity contribution is -0.142. The zero-order chi connectivity index (χ0) is 21.0. The first-order valence-electron chi connectivity index (χ1n) is 9.71. The maximum Gasteiger partial charge on any atom is 0.411 e. The van der Waals surface area contributed by atoms with Gasteiger partial charge in [-0.15, -0.1) is 0 Å². The highest BCUT2D eigenvalue weighted by Crippen LogP contribution is 2.25. The molecule has 2 atom stereocenters. The van der Waals surface area contributed by atoms with Crippen LogP contribution in [0.4, 0.5) is 4.79 Å². The lowest BCUT2D eigenvalue weighted by Crippen LogP contribution is -2.43. The van der Waals surface area contributed by atoms with E-state index in [2.05, 4.69) is 12.1 Å². The standard InChI is InChI=1S/C23H27NO5/c1-23(2,3)29-22(27)24-14-19(13-20(24)21(25)26)28-15-16-9-11-18(12-10-16)17-7-5-4-6-8-17/h4-12,19-20H,13-15H2,1-3H3,(H,25,26)/t19-,20-/m0/s1. The predicted octanol–water partition coefficient (Wildman–Crippen LogP) is 4.33. The molecule has 2 aromatic carbocycles. The van der Waals surface area contributed by atoms with Gasteiger partial charge >= 0.3 is 12.1 Å². The minimum atomic E-state index is -1.05. The van der Waals surface area contributed by atoms with Crippen LogP contribution in [0.3, 0.4) is 0 Å². The molecule has 2 aromatic rings. The van der Waals surface area contributed by atoms with E-state index >= 15 is 0 Å². The van der Waals surface area contributed by atoms with Crippen LogP contribution in [0.1, 0.15) is 32.8 Å². The second-order valence-corrected chi connectivity index (χ2v) is 8.22. The Morgan fingerprint density at radius 1 is 1.03 bits per heavy atom. The van der Waals surface area contributed by atoms with E-state index in [4.69, 9.17) is 9.47 Å². The summed E-state index contributed by atoms with van der Waals surface area (Å²) in [5.74, 6) is -1.05. The van der Waals surface area contributed by atoms with E-state index in [0.717, 1.165) is 16.7 Å². The van der Waals surface area contributed by atoms with Crippen LogP contribution < -0.4 is 0 Å². The van der Waals surface area contributed by atoms with Crippen molar-refractivity contribution in [2.75, 3.05) is 6.54 Å². The van der Waals surface area contributed by atoms with Crippen molar-refractivity contribution in [3.63, 3.8) is 0 Å². The molecular formula is C23H27NO5. The predicted molar refractivity (Wildman–Crippen MR) is 109 cm³/mol. The number of hydrogen-bond acceptors (Lipinski definition) is 4. The van der Waals surface area contributed by atoms with Crippen molar-refractivity contribution in [1.82, 2.24) is 4.90 Å². The normalized spacial score (nSPS) is 19.2. The number of aliphatic carboxylic acids is 1. The van der Waals surface area contributed by atoms with Crippen molar-refractivity contribution in [2.24, 2.45) is 0 Å². The lowest BCUT2D eigenvalue weighted by atomic mass is 10.0. The van der Waals surface area contributed by atoms with Gasteiger partial charge in [0, 0.05) is 6.42 Å². The molecule has 1 amide bonds. The molecule has 0 aromatic heterocycles. The number of carbonyl (C=O) groups is 2. The molecule has 0 unspecified atom stereocenters. The fourth-order valence-electron chi connectivity index (χ4n) is 3.31. The van der Waals surface area contributed by atoms with E-state index in [1.54, 1.807) is 20.8 Å². The van der Waals surface area contributed by atoms with Gasteiger partial charge in [0.1, 0.15) is 11.6 Å². The Morgan fingerprint density at radius 2 is 1.66 bits per heavy atom. The summed E-state index contributed by atoms with van der Waals surface area (Å²) in [6.07, 6.45) is -0.725. The van der Waals surface area contributed by atoms with E-state index in [-0.39, 0.29) is 19.1 Å². The molecule has 0 spiro atoms. The first kappa shape index (κ1) is 20.9. The van der Waals surface area contributed by atoms with Crippen molar-refractivity contribution >= 4 is 12.1 Å². The Kier molecular flexibility index (Phi) is 6.23. The Morgan fingerprint density at radius 3 is 2.24 bits per heavy atom. The molecule has 0 saturated carbocycles. The van der Waals surface area contributed by atoms with Gasteiger partial charge in [-0.3, -0.25) is 4.90 Å². The molecule has 1 aliphatic rings. The van der Waals surface area contributed by atoms with E-state index in [9.17, 15) is 14.7 Å². The fraction of sp³-hybridized carbons (Fsp3) is 0.391. The summed E-state index contributed by atoms with van der Waals surface area (Å²) in [4.78, 5) is 25.2. The van der Waals surface area contributed by atoms with Crippen LogP contribution in [0.25, 0.3) is 11.1 Å². The Bertz CT molecular complexity index is 842. The Labute approximate surface area is 171 Å². The Balaban J connectivity index is 1.59. The van der Waals surface area contributed by atoms with Crippen LogP contribution >= 0.6 is 0 Å². The number of amides is 1. The van der Waals surface area contributed by atoms with Gasteiger partial charge < -0.3 is 14.6 Å². The van der Waals surface area contributed by atoms with Crippen LogP contribution in [-0.2, 0) is 20.9 Å². The average Bonchev–Trinajstić information content (AvgIpc) is 3.11. The third-order valence-corrected chi connectivity index (χ3v) is 4.72. The molecule has 1 aliphatic heterocycles. The van der Waals surface area contributed by atoms with E-state index in [1.807, 2.05) is 42.5 Å². The van der Waals surface area contributed by atoms with Crippen LogP contribution in [0.5, 0.6) is 0 Å². The monoisotopic (exact) mass is 397 g/mol. The molecule has 1 heterocycles. The van der Waals surface area contributed by atoms with Crippen molar-refractivity contribution < 1.29 is 24.2 Å². The third-order valence-electron chi connectivity index (χ3n) is 4.72. The minimum Gasteiger partial charge on any atom is -0.480 e. The van der Waals surface area contributed by atoms with E-state index < -0.39 is 23.7 Å². The molecule has 1 N–H and O–H groups in total. The number of likely N-dealkylation sites (tertiary alicyclic amines) is 1. The zero-order valence-electron chi connectivity index (χ0n) is 17.0. The van der Waals surface area contributed by atoms with Crippen molar-refractivity contribution in [3.8, 4) is 11.1 Å². The largest absolute Gasteiger partial charge is 0.480 e. The van der Waals surface area contributed by atoms with Gasteiger partial charge in [-0.2, -0.15) is 0 Å². The molecule has 0 aliphatic carbocycles. The molecule has 154 valence electrons. The molecule has 3 rings (SSSR count). The SMILES string of the molecule is CC(C)(C)OC(=O)N1C[C@@H](OCc2ccc(-c3ccccc3)cc2)C[C@H]1C(=O)O. The Hall–Kier alpha value is -2.86. The number of nitrogens with zero attached hydrogens (tertiary/aromatic N) is 1. The van der Waals surface area contributed by atoms with Crippen molar-refractivity contribution in [1.29, 1.82) is 0 Å². The lowest BCUT2D eigenvalue weighted by Gasteiger charge is -2.26. The summed E-state index contributed by atoms with van der Waals surface area (Å²) < 4.78 is 11.2. The fourth-order valence-corrected chi connectivity index (χ4v) is 3.31. The zero-order valence-corrected chi connectivity index (χ0v) is 17.0. The van der Waals surface area contributed by atoms with Gasteiger partial charge in [0.15, 0.2) is 0 Å². The van der Waals surface area contributed by atoms with Crippen molar-refractivity contribution in [2.45, 2.75) is 51.5 Å². The van der Waals surface area contributed by atoms with Crippen LogP contribution in [-0.4, -0.2) is 46.4 Å². The highest BCUT2D eigenvalue weighted by atomic mass is 16.6. The van der Waals surface area contributed by atoms with Gasteiger partial charge in [-0.25, -0.2) is 9.59 Å². The summed E-state index contributed by atoms with van der Waals surface area (Å²) in [6.45, 7) is 5.82. The first-order valence-corrected chi connectivity index (χ1v) is 9.71. The molecule has 0 radical (unpaired) electrons. The quantitative estimate of drug-likeness (QED) is 0.813. The minimum absolute atomic E-state index is 0.202. The molecular weight excluding hydrogens is 370 g/mol. The van der Waals surface area contributed by atoms with Gasteiger partial charge in [0.25, 0.3) is 0 Å². The van der Waals surface area contributed by atoms with Crippen LogP contribution in [0, 0.1) is 0 Å². The maximum atomic E-state index is 12.4. The summed E-state index contributed by atoms with van der Waals surface area (Å²) in [5.41, 5.74) is 2.58. The smallest absolute Gasteiger partial charge is 0.411 e. The highest BCUT2D eigenvalue weighted by Gasteiger charge is 2.42. The number of benzene rings is 2. The number of rotatable bonds is 5. The second-order valence-electron chi connectivity index (χ2n) is 8.22. The number of carboxylic acids is 1. The van der Waals surface area contributed by atoms with Crippen molar-refractivity contribution in [3.05, 3.63) is 60.2 Å². The van der Waals surface area contributed by atoms with Crippen LogP contribution in [0.15, 0.2) is 54.6 Å². The topological polar surface area (TPSA) is 76.1 Å². The third kappa shape index (κ3) is 5.57. The summed E-state index contributed by atoms with van der Waals surface area (Å²) in [7, 11) is 0. The molecule has 0 bridgehead atoms. The summed E-state index contributed by atoms with van der Waals surface area (Å²) in [6, 6.07) is 17.2. The number of hydrogen-bond donors (Lipinski definition) is 1.